The van der Waals surface area contributed by atoms with Gasteiger partial charge in [0.2, 0.25) is 11.7 Å². The number of pyridine rings is 1. The number of aryl methyl sites for hydroxylation is 1. The third-order valence-corrected chi connectivity index (χ3v) is 5.81. The number of hydrogen-bond donors (Lipinski definition) is 2. The Morgan fingerprint density at radius 2 is 2.06 bits per heavy atom. The van der Waals surface area contributed by atoms with E-state index in [2.05, 4.69) is 30.4 Å². The molecule has 11 heteroatoms. The van der Waals surface area contributed by atoms with Gasteiger partial charge >= 0.3 is 0 Å². The van der Waals surface area contributed by atoms with Crippen molar-refractivity contribution < 1.29 is 4.79 Å². The summed E-state index contributed by atoms with van der Waals surface area (Å²) in [5.74, 6) is 0.609. The van der Waals surface area contributed by atoms with E-state index in [0.717, 1.165) is 36.3 Å². The molecule has 0 spiro atoms. The number of amides is 1. The van der Waals surface area contributed by atoms with E-state index in [1.165, 1.54) is 4.80 Å². The maximum absolute atomic E-state index is 12.6. The topological polar surface area (TPSA) is 132 Å². The predicted molar refractivity (Wildman–Crippen MR) is 118 cm³/mol. The van der Waals surface area contributed by atoms with E-state index in [1.54, 1.807) is 12.4 Å². The molecule has 1 amide bonds. The lowest BCUT2D eigenvalue weighted by Gasteiger charge is -2.19. The fraction of sp³-hybridized carbons (Fsp3) is 0.333. The third-order valence-electron chi connectivity index (χ3n) is 5.81. The number of rotatable bonds is 5. The Balaban J connectivity index is 1.53. The summed E-state index contributed by atoms with van der Waals surface area (Å²) >= 11 is 0. The molecule has 5 rings (SSSR count). The van der Waals surface area contributed by atoms with Gasteiger partial charge < -0.3 is 15.5 Å². The Labute approximate surface area is 184 Å². The van der Waals surface area contributed by atoms with Crippen LogP contribution in [0.4, 0.5) is 5.82 Å². The zero-order valence-electron chi connectivity index (χ0n) is 17.9. The second-order valence-electron chi connectivity index (χ2n) is 7.95. The van der Waals surface area contributed by atoms with Crippen LogP contribution in [0.3, 0.4) is 0 Å². The van der Waals surface area contributed by atoms with Gasteiger partial charge in [0.25, 0.3) is 0 Å². The highest BCUT2D eigenvalue weighted by Gasteiger charge is 2.28. The average Bonchev–Trinajstić information content (AvgIpc) is 3.54. The molecule has 3 N–H and O–H groups in total. The Kier molecular flexibility index (Phi) is 5.02. The largest absolute Gasteiger partial charge is 0.382 e. The lowest BCUT2D eigenvalue weighted by Crippen LogP contribution is -2.41. The van der Waals surface area contributed by atoms with Crippen LogP contribution in [-0.2, 0) is 11.3 Å². The molecule has 1 unspecified atom stereocenters. The number of nitrogens with two attached hydrogens (primary N) is 1. The molecule has 0 radical (unpaired) electrons. The van der Waals surface area contributed by atoms with Gasteiger partial charge in [0, 0.05) is 23.7 Å². The number of imidazole rings is 1. The van der Waals surface area contributed by atoms with Crippen molar-refractivity contribution in [3.05, 3.63) is 48.3 Å². The number of nitrogen functional groups attached to an aromatic ring is 1. The number of carbonyl (C=O) groups excluding carboxylic acids is 1. The van der Waals surface area contributed by atoms with Crippen LogP contribution in [-0.4, -0.2) is 64.8 Å². The highest BCUT2D eigenvalue weighted by molar-refractivity contribution is 5.82. The number of aromatic nitrogens is 7. The van der Waals surface area contributed by atoms with E-state index in [-0.39, 0.29) is 24.3 Å². The van der Waals surface area contributed by atoms with Crippen molar-refractivity contribution in [2.24, 2.45) is 0 Å². The molecule has 32 heavy (non-hydrogen) atoms. The number of carbonyl (C=O) groups is 1. The molecule has 1 aliphatic heterocycles. The number of hydrogen-bond acceptors (Lipinski definition) is 8. The lowest BCUT2D eigenvalue weighted by molar-refractivity contribution is -0.125. The minimum Gasteiger partial charge on any atom is -0.382 e. The first-order chi connectivity index (χ1) is 15.5. The van der Waals surface area contributed by atoms with Gasteiger partial charge in [-0.3, -0.25) is 9.69 Å². The molecule has 11 nitrogen and oxygen atoms in total. The quantitative estimate of drug-likeness (QED) is 0.477. The summed E-state index contributed by atoms with van der Waals surface area (Å²) in [6.45, 7) is 3.09. The molecule has 1 fully saturated rings. The first-order valence-corrected chi connectivity index (χ1v) is 10.5. The van der Waals surface area contributed by atoms with Crippen molar-refractivity contribution in [1.29, 1.82) is 0 Å². The Bertz CT molecular complexity index is 1280. The fourth-order valence-electron chi connectivity index (χ4n) is 4.03. The maximum atomic E-state index is 12.6. The molecule has 1 aliphatic rings. The van der Waals surface area contributed by atoms with Crippen LogP contribution in [0.25, 0.3) is 22.7 Å². The van der Waals surface area contributed by atoms with Gasteiger partial charge in [-0.1, -0.05) is 0 Å². The average molecular weight is 432 g/mol. The summed E-state index contributed by atoms with van der Waals surface area (Å²) in [5.41, 5.74) is 9.91. The lowest BCUT2D eigenvalue weighted by atomic mass is 10.2. The number of nitrogens with zero attached hydrogens (tertiary/aromatic N) is 8. The van der Waals surface area contributed by atoms with Crippen LogP contribution in [0.5, 0.6) is 0 Å². The number of likely N-dealkylation sites (N-methyl/N-ethyl adjacent to an activating group) is 1. The first kappa shape index (κ1) is 20.1. The van der Waals surface area contributed by atoms with Crippen LogP contribution in [0.2, 0.25) is 0 Å². The van der Waals surface area contributed by atoms with Crippen LogP contribution in [0.15, 0.2) is 36.9 Å². The standard InChI is InChI=1S/C21H24N10O/c1-13-10-23-17-6-5-14(12-30(13)17)18-20(31-25-7-8-26-31)28-19(22)15(27-18)11-24-21(32)16-4-3-9-29(16)2/h5-8,10,12,16H,3-4,9,11H2,1-2H3,(H2,22,28)(H,24,32). The molecular formula is C21H24N10O. The third kappa shape index (κ3) is 3.56. The number of anilines is 1. The summed E-state index contributed by atoms with van der Waals surface area (Å²) in [5, 5.41) is 11.4. The Hall–Kier alpha value is -3.86. The summed E-state index contributed by atoms with van der Waals surface area (Å²) < 4.78 is 1.98. The molecular weight excluding hydrogens is 408 g/mol. The predicted octanol–water partition coefficient (Wildman–Crippen LogP) is 0.973. The van der Waals surface area contributed by atoms with E-state index in [4.69, 9.17) is 10.7 Å². The van der Waals surface area contributed by atoms with Crippen molar-refractivity contribution in [3.63, 3.8) is 0 Å². The number of fused-ring (bicyclic) bond motifs is 1. The van der Waals surface area contributed by atoms with Crippen molar-refractivity contribution in [2.75, 3.05) is 19.3 Å². The van der Waals surface area contributed by atoms with Crippen LogP contribution >= 0.6 is 0 Å². The van der Waals surface area contributed by atoms with Gasteiger partial charge in [0.15, 0.2) is 0 Å². The minimum atomic E-state index is -0.122. The summed E-state index contributed by atoms with van der Waals surface area (Å²) in [6.07, 6.45) is 8.75. The van der Waals surface area contributed by atoms with Gasteiger partial charge in [0.1, 0.15) is 22.9 Å². The molecule has 0 aliphatic carbocycles. The Morgan fingerprint density at radius 1 is 1.25 bits per heavy atom. The zero-order valence-corrected chi connectivity index (χ0v) is 17.9. The summed E-state index contributed by atoms with van der Waals surface area (Å²) in [6, 6.07) is 3.71. The number of likely N-dealkylation sites (tertiary alicyclic amines) is 1. The van der Waals surface area contributed by atoms with E-state index in [0.29, 0.717) is 17.2 Å². The van der Waals surface area contributed by atoms with Crippen molar-refractivity contribution in [1.82, 2.24) is 44.6 Å². The monoisotopic (exact) mass is 432 g/mol. The van der Waals surface area contributed by atoms with Gasteiger partial charge in [-0.25, -0.2) is 15.0 Å². The molecule has 0 saturated carbocycles. The molecule has 0 aromatic carbocycles. The van der Waals surface area contributed by atoms with Crippen molar-refractivity contribution in [2.45, 2.75) is 32.4 Å². The zero-order chi connectivity index (χ0) is 22.2. The first-order valence-electron chi connectivity index (χ1n) is 10.5. The van der Waals surface area contributed by atoms with Crippen LogP contribution < -0.4 is 11.1 Å². The fourth-order valence-corrected chi connectivity index (χ4v) is 4.03. The minimum absolute atomic E-state index is 0.0268. The highest BCUT2D eigenvalue weighted by atomic mass is 16.2. The van der Waals surface area contributed by atoms with Gasteiger partial charge in [0.05, 0.1) is 25.0 Å². The van der Waals surface area contributed by atoms with E-state index < -0.39 is 0 Å². The van der Waals surface area contributed by atoms with Gasteiger partial charge in [-0.15, -0.1) is 4.80 Å². The van der Waals surface area contributed by atoms with E-state index >= 15 is 0 Å². The van der Waals surface area contributed by atoms with E-state index in [9.17, 15) is 4.79 Å². The SMILES string of the molecule is Cc1cnc2ccc(-c3nc(CNC(=O)C4CCCN4C)c(N)nc3-n3nccn3)cn12. The normalized spacial score (nSPS) is 16.6. The summed E-state index contributed by atoms with van der Waals surface area (Å²) in [4.78, 5) is 29.8. The van der Waals surface area contributed by atoms with E-state index in [1.807, 2.05) is 42.9 Å². The molecule has 164 valence electrons. The molecule has 0 bridgehead atoms. The smallest absolute Gasteiger partial charge is 0.237 e. The Morgan fingerprint density at radius 3 is 2.81 bits per heavy atom. The van der Waals surface area contributed by atoms with Crippen molar-refractivity contribution >= 4 is 17.4 Å². The van der Waals surface area contributed by atoms with Gasteiger partial charge in [-0.05, 0) is 45.5 Å². The maximum Gasteiger partial charge on any atom is 0.237 e. The molecule has 1 saturated heterocycles. The summed E-state index contributed by atoms with van der Waals surface area (Å²) in [7, 11) is 1.96. The molecule has 4 aromatic rings. The van der Waals surface area contributed by atoms with Crippen molar-refractivity contribution in [3.8, 4) is 17.1 Å². The molecule has 5 heterocycles. The second kappa shape index (κ2) is 8.00. The van der Waals surface area contributed by atoms with Gasteiger partial charge in [-0.2, -0.15) is 10.2 Å². The molecule has 4 aromatic heterocycles. The molecule has 1 atom stereocenters. The number of nitrogens with one attached hydrogen (secondary N) is 1. The second-order valence-corrected chi connectivity index (χ2v) is 7.95. The van der Waals surface area contributed by atoms with Crippen LogP contribution in [0, 0.1) is 6.92 Å². The van der Waals surface area contributed by atoms with Crippen LogP contribution in [0.1, 0.15) is 24.2 Å². The highest BCUT2D eigenvalue weighted by Crippen LogP contribution is 2.26.